The van der Waals surface area contributed by atoms with Crippen molar-refractivity contribution in [2.45, 2.75) is 31.4 Å². The average Bonchev–Trinajstić information content (AvgIpc) is 3.24. The van der Waals surface area contributed by atoms with Gasteiger partial charge in [-0.1, -0.05) is 65.9 Å². The van der Waals surface area contributed by atoms with Gasteiger partial charge in [-0.05, 0) is 42.8 Å². The highest BCUT2D eigenvalue weighted by atomic mass is 32.2. The summed E-state index contributed by atoms with van der Waals surface area (Å²) in [4.78, 5) is 12.5. The van der Waals surface area contributed by atoms with Crippen LogP contribution in [0.4, 0.5) is 18.9 Å². The molecule has 0 aliphatic carbocycles. The summed E-state index contributed by atoms with van der Waals surface area (Å²) in [5.41, 5.74) is 1.39. The zero-order chi connectivity index (χ0) is 25.5. The lowest BCUT2D eigenvalue weighted by Crippen LogP contribution is -2.16. The Bertz CT molecular complexity index is 1310. The summed E-state index contributed by atoms with van der Waals surface area (Å²) in [6.07, 6.45) is -4.49. The number of hydrogen-bond donors (Lipinski definition) is 1. The number of thioether (sulfide) groups is 1. The Hall–Kier alpha value is -3.79. The molecule has 1 heterocycles. The number of nitrogens with one attached hydrogen (secondary N) is 1. The van der Waals surface area contributed by atoms with Crippen molar-refractivity contribution in [1.82, 2.24) is 14.8 Å². The van der Waals surface area contributed by atoms with Crippen LogP contribution in [0, 0.1) is 6.92 Å². The molecule has 1 N–H and O–H groups in total. The Morgan fingerprint density at radius 3 is 2.47 bits per heavy atom. The average molecular weight is 513 g/mol. The van der Waals surface area contributed by atoms with Gasteiger partial charge in [-0.3, -0.25) is 9.36 Å². The van der Waals surface area contributed by atoms with Crippen molar-refractivity contribution >= 4 is 23.4 Å². The monoisotopic (exact) mass is 512 g/mol. The molecule has 0 aliphatic rings. The highest BCUT2D eigenvalue weighted by Crippen LogP contribution is 2.30. The van der Waals surface area contributed by atoms with Gasteiger partial charge in [0.05, 0.1) is 17.9 Å². The summed E-state index contributed by atoms with van der Waals surface area (Å²) >= 11 is 1.15. The van der Waals surface area contributed by atoms with Gasteiger partial charge in [0.1, 0.15) is 12.4 Å². The van der Waals surface area contributed by atoms with Gasteiger partial charge in [-0.2, -0.15) is 13.2 Å². The fourth-order valence-electron chi connectivity index (χ4n) is 3.34. The molecule has 0 aliphatic heterocycles. The molecular weight excluding hydrogens is 489 g/mol. The Labute approximate surface area is 210 Å². The van der Waals surface area contributed by atoms with Crippen LogP contribution in [0.2, 0.25) is 0 Å². The first-order valence-electron chi connectivity index (χ1n) is 11.0. The van der Waals surface area contributed by atoms with E-state index >= 15 is 0 Å². The Morgan fingerprint density at radius 2 is 1.75 bits per heavy atom. The number of carbonyl (C=O) groups is 1. The molecule has 0 saturated heterocycles. The minimum atomic E-state index is -4.49. The van der Waals surface area contributed by atoms with E-state index in [2.05, 4.69) is 15.5 Å². The first-order chi connectivity index (χ1) is 17.3. The molecule has 0 spiro atoms. The smallest absolute Gasteiger partial charge is 0.416 e. The fraction of sp³-hybridized carbons (Fsp3) is 0.192. The first kappa shape index (κ1) is 25.3. The van der Waals surface area contributed by atoms with Gasteiger partial charge in [0.2, 0.25) is 5.91 Å². The molecule has 10 heteroatoms. The molecule has 0 bridgehead atoms. The van der Waals surface area contributed by atoms with E-state index in [9.17, 15) is 18.0 Å². The fourth-order valence-corrected chi connectivity index (χ4v) is 4.10. The number of alkyl halides is 3. The molecule has 3 aromatic carbocycles. The number of benzene rings is 3. The van der Waals surface area contributed by atoms with E-state index in [0.717, 1.165) is 35.0 Å². The number of carbonyl (C=O) groups excluding carboxylic acids is 1. The van der Waals surface area contributed by atoms with E-state index < -0.39 is 17.6 Å². The number of rotatable bonds is 9. The number of halogens is 3. The first-order valence-corrected chi connectivity index (χ1v) is 12.0. The number of hydrogen-bond acceptors (Lipinski definition) is 5. The van der Waals surface area contributed by atoms with Gasteiger partial charge >= 0.3 is 6.18 Å². The van der Waals surface area contributed by atoms with E-state index in [1.54, 1.807) is 0 Å². The van der Waals surface area contributed by atoms with Crippen molar-refractivity contribution in [1.29, 1.82) is 0 Å². The second-order valence-corrected chi connectivity index (χ2v) is 8.93. The number of aryl methyl sites for hydroxylation is 1. The van der Waals surface area contributed by atoms with Gasteiger partial charge < -0.3 is 10.1 Å². The molecule has 0 radical (unpaired) electrons. The van der Waals surface area contributed by atoms with Gasteiger partial charge in [-0.25, -0.2) is 0 Å². The van der Waals surface area contributed by atoms with Gasteiger partial charge in [0.15, 0.2) is 11.0 Å². The van der Waals surface area contributed by atoms with Crippen LogP contribution in [-0.4, -0.2) is 26.4 Å². The third-order valence-electron chi connectivity index (χ3n) is 5.17. The van der Waals surface area contributed by atoms with Crippen LogP contribution in [-0.2, 0) is 24.1 Å². The van der Waals surface area contributed by atoms with Crippen molar-refractivity contribution in [3.8, 4) is 5.75 Å². The molecule has 1 amide bonds. The number of aromatic nitrogens is 3. The Morgan fingerprint density at radius 1 is 1.00 bits per heavy atom. The molecular formula is C26H23F3N4O2S. The van der Waals surface area contributed by atoms with Crippen molar-refractivity contribution in [3.63, 3.8) is 0 Å². The van der Waals surface area contributed by atoms with Gasteiger partial charge in [-0.15, -0.1) is 10.2 Å². The number of nitrogens with zero attached hydrogens (tertiary/aromatic N) is 3. The number of anilines is 1. The van der Waals surface area contributed by atoms with Crippen molar-refractivity contribution in [2.75, 3.05) is 11.1 Å². The number of ether oxygens (including phenoxy) is 1. The Kier molecular flexibility index (Phi) is 7.94. The molecule has 186 valence electrons. The highest BCUT2D eigenvalue weighted by molar-refractivity contribution is 7.99. The second kappa shape index (κ2) is 11.3. The number of amides is 1. The topological polar surface area (TPSA) is 69.0 Å². The zero-order valence-corrected chi connectivity index (χ0v) is 20.1. The molecule has 0 saturated carbocycles. The van der Waals surface area contributed by atoms with Crippen LogP contribution in [0.5, 0.6) is 5.75 Å². The van der Waals surface area contributed by atoms with E-state index in [4.69, 9.17) is 4.74 Å². The van der Waals surface area contributed by atoms with E-state index in [1.165, 1.54) is 12.1 Å². The maximum Gasteiger partial charge on any atom is 0.416 e. The SMILES string of the molecule is Cc1ccc(OCc2nnc(SCC(=O)Nc3cccc(C(F)(F)F)c3)n2Cc2ccccc2)cc1. The standard InChI is InChI=1S/C26H23F3N4O2S/c1-18-10-12-22(13-11-18)35-16-23-31-32-25(33(23)15-19-6-3-2-4-7-19)36-17-24(34)30-21-9-5-8-20(14-21)26(27,28)29/h2-14H,15-17H2,1H3,(H,30,34). The Balaban J connectivity index is 1.45. The van der Waals surface area contributed by atoms with Crippen LogP contribution >= 0.6 is 11.8 Å². The molecule has 4 aromatic rings. The summed E-state index contributed by atoms with van der Waals surface area (Å²) in [7, 11) is 0. The van der Waals surface area contributed by atoms with Crippen LogP contribution < -0.4 is 10.1 Å². The maximum absolute atomic E-state index is 12.9. The molecule has 0 atom stereocenters. The quantitative estimate of drug-likeness (QED) is 0.280. The predicted molar refractivity (Wildman–Crippen MR) is 132 cm³/mol. The van der Waals surface area contributed by atoms with E-state index in [-0.39, 0.29) is 18.0 Å². The van der Waals surface area contributed by atoms with Crippen molar-refractivity contribution in [2.24, 2.45) is 0 Å². The second-order valence-electron chi connectivity index (χ2n) is 7.99. The normalized spacial score (nSPS) is 11.3. The third kappa shape index (κ3) is 6.88. The lowest BCUT2D eigenvalue weighted by Gasteiger charge is -2.12. The van der Waals surface area contributed by atoms with Crippen LogP contribution in [0.3, 0.4) is 0 Å². The summed E-state index contributed by atoms with van der Waals surface area (Å²) in [6.45, 7) is 2.64. The van der Waals surface area contributed by atoms with Crippen molar-refractivity contribution < 1.29 is 22.7 Å². The van der Waals surface area contributed by atoms with E-state index in [0.29, 0.717) is 23.3 Å². The minimum absolute atomic E-state index is 0.0536. The summed E-state index contributed by atoms with van der Waals surface area (Å²) in [5, 5.41) is 11.5. The van der Waals surface area contributed by atoms with Crippen LogP contribution in [0.1, 0.15) is 22.5 Å². The van der Waals surface area contributed by atoms with Crippen molar-refractivity contribution in [3.05, 3.63) is 101 Å². The van der Waals surface area contributed by atoms with Gasteiger partial charge in [0.25, 0.3) is 0 Å². The zero-order valence-electron chi connectivity index (χ0n) is 19.3. The van der Waals surface area contributed by atoms with E-state index in [1.807, 2.05) is 66.1 Å². The maximum atomic E-state index is 12.9. The lowest BCUT2D eigenvalue weighted by atomic mass is 10.2. The third-order valence-corrected chi connectivity index (χ3v) is 6.14. The minimum Gasteiger partial charge on any atom is -0.486 e. The lowest BCUT2D eigenvalue weighted by molar-refractivity contribution is -0.137. The van der Waals surface area contributed by atoms with Gasteiger partial charge in [0, 0.05) is 5.69 Å². The summed E-state index contributed by atoms with van der Waals surface area (Å²) in [6, 6.07) is 21.9. The molecule has 1 aromatic heterocycles. The molecule has 36 heavy (non-hydrogen) atoms. The summed E-state index contributed by atoms with van der Waals surface area (Å²) < 4.78 is 46.6. The molecule has 0 fully saturated rings. The highest BCUT2D eigenvalue weighted by Gasteiger charge is 2.30. The molecule has 4 rings (SSSR count). The molecule has 0 unspecified atom stereocenters. The predicted octanol–water partition coefficient (Wildman–Crippen LogP) is 5.96. The molecule has 6 nitrogen and oxygen atoms in total. The van der Waals surface area contributed by atoms with Crippen LogP contribution in [0.25, 0.3) is 0 Å². The largest absolute Gasteiger partial charge is 0.486 e. The van der Waals surface area contributed by atoms with Crippen LogP contribution in [0.15, 0.2) is 84.0 Å². The summed E-state index contributed by atoms with van der Waals surface area (Å²) in [5.74, 6) is 0.776.